The third-order valence-electron chi connectivity index (χ3n) is 5.27. The normalized spacial score (nSPS) is 28.4. The molecule has 2 fully saturated rings. The molecule has 0 radical (unpaired) electrons. The van der Waals surface area contributed by atoms with Crippen molar-refractivity contribution in [2.24, 2.45) is 10.1 Å². The fourth-order valence-corrected chi connectivity index (χ4v) is 3.75. The van der Waals surface area contributed by atoms with Crippen LogP contribution < -0.4 is 5.73 Å². The van der Waals surface area contributed by atoms with Gasteiger partial charge in [-0.25, -0.2) is 0 Å². The van der Waals surface area contributed by atoms with Crippen molar-refractivity contribution in [2.75, 3.05) is 0 Å². The van der Waals surface area contributed by atoms with Gasteiger partial charge in [-0.15, -0.1) is 0 Å². The molecule has 24 heavy (non-hydrogen) atoms. The van der Waals surface area contributed by atoms with E-state index >= 15 is 0 Å². The molecule has 3 rings (SSSR count). The molecule has 130 valence electrons. The zero-order valence-corrected chi connectivity index (χ0v) is 15.2. The number of hydrogen-bond acceptors (Lipinski definition) is 4. The molecule has 0 amide bonds. The number of sulfonamides is 1. The minimum Gasteiger partial charge on any atom is -0.403 e. The average molecular weight is 350 g/mol. The van der Waals surface area contributed by atoms with Gasteiger partial charge in [-0.3, -0.25) is 0 Å². The number of nitrogens with two attached hydrogens (primary N) is 1. The van der Waals surface area contributed by atoms with Gasteiger partial charge in [-0.1, -0.05) is 12.1 Å². The van der Waals surface area contributed by atoms with Gasteiger partial charge in [0.15, 0.2) is 0 Å². The zero-order valence-electron chi connectivity index (χ0n) is 14.4. The third-order valence-corrected chi connectivity index (χ3v) is 6.53. The largest absolute Gasteiger partial charge is 0.461 e. The van der Waals surface area contributed by atoms with Crippen molar-refractivity contribution in [2.45, 2.75) is 61.9 Å². The molecule has 2 atom stereocenters. The Morgan fingerprint density at radius 3 is 2.21 bits per heavy atom. The molecule has 0 aromatic heterocycles. The first-order chi connectivity index (χ1) is 11.1. The second-order valence-corrected chi connectivity index (χ2v) is 9.06. The summed E-state index contributed by atoms with van der Waals surface area (Å²) in [6, 6.07) is 6.79. The molecule has 2 aliphatic rings. The summed E-state index contributed by atoms with van der Waals surface area (Å²) < 4.78 is 39.2. The summed E-state index contributed by atoms with van der Waals surface area (Å²) in [6.45, 7) is 8.17. The number of rotatable bonds is 4. The van der Waals surface area contributed by atoms with Crippen molar-refractivity contribution in [1.29, 1.82) is 0 Å². The Kier molecular flexibility index (Phi) is 4.05. The molecule has 1 saturated carbocycles. The lowest BCUT2D eigenvalue weighted by molar-refractivity contribution is 0.00578. The summed E-state index contributed by atoms with van der Waals surface area (Å²) >= 11 is 0. The fourth-order valence-electron chi connectivity index (χ4n) is 2.99. The molecule has 0 spiro atoms. The highest BCUT2D eigenvalue weighted by molar-refractivity contribution is 7.90. The lowest BCUT2D eigenvalue weighted by Gasteiger charge is -2.32. The smallest absolute Gasteiger partial charge is 0.403 e. The van der Waals surface area contributed by atoms with Crippen LogP contribution in [0.4, 0.5) is 0 Å². The van der Waals surface area contributed by atoms with Crippen LogP contribution in [0.25, 0.3) is 0 Å². The van der Waals surface area contributed by atoms with E-state index < -0.39 is 10.0 Å². The first-order valence-corrected chi connectivity index (χ1v) is 9.47. The van der Waals surface area contributed by atoms with Crippen LogP contribution in [0.15, 0.2) is 33.6 Å². The molecule has 6 nitrogen and oxygen atoms in total. The van der Waals surface area contributed by atoms with Crippen molar-refractivity contribution < 1.29 is 17.7 Å². The van der Waals surface area contributed by atoms with Crippen molar-refractivity contribution in [3.8, 4) is 0 Å². The lowest BCUT2D eigenvalue weighted by atomic mass is 9.79. The second kappa shape index (κ2) is 5.57. The minimum atomic E-state index is -3.70. The molecular formula is C16H23BN2O4S. The third kappa shape index (κ3) is 2.98. The summed E-state index contributed by atoms with van der Waals surface area (Å²) in [7, 11) is -3.91. The minimum absolute atomic E-state index is 0.140. The Hall–Kier alpha value is -1.38. The summed E-state index contributed by atoms with van der Waals surface area (Å²) in [5.74, 6) is 0.630. The molecule has 1 aromatic rings. The van der Waals surface area contributed by atoms with Crippen LogP contribution in [0.1, 0.15) is 45.6 Å². The topological polar surface area (TPSA) is 91.0 Å². The van der Waals surface area contributed by atoms with Gasteiger partial charge in [0.1, 0.15) is 0 Å². The quantitative estimate of drug-likeness (QED) is 0.511. The predicted octanol–water partition coefficient (Wildman–Crippen LogP) is 2.31. The van der Waals surface area contributed by atoms with Gasteiger partial charge in [0.05, 0.1) is 22.4 Å². The van der Waals surface area contributed by atoms with Gasteiger partial charge < -0.3 is 15.0 Å². The Bertz CT molecular complexity index is 743. The Balaban J connectivity index is 1.71. The Morgan fingerprint density at radius 1 is 1.17 bits per heavy atom. The maximum absolute atomic E-state index is 11.8. The van der Waals surface area contributed by atoms with E-state index in [1.807, 2.05) is 39.8 Å². The SMILES string of the molecule is CC1(C)OB(C2CC2c2ccc(S(=O)(=O)N=CN)cc2)OC1(C)C. The van der Waals surface area contributed by atoms with Crippen molar-refractivity contribution in [3.63, 3.8) is 0 Å². The molecule has 0 bridgehead atoms. The van der Waals surface area contributed by atoms with Crippen LogP contribution in [0.5, 0.6) is 0 Å². The van der Waals surface area contributed by atoms with E-state index in [1.165, 1.54) is 0 Å². The molecule has 1 aliphatic heterocycles. The van der Waals surface area contributed by atoms with Gasteiger partial charge in [0.2, 0.25) is 0 Å². The maximum atomic E-state index is 11.8. The Labute approximate surface area is 143 Å². The highest BCUT2D eigenvalue weighted by Crippen LogP contribution is 2.58. The van der Waals surface area contributed by atoms with Gasteiger partial charge in [0.25, 0.3) is 10.0 Å². The molecular weight excluding hydrogens is 327 g/mol. The first-order valence-electron chi connectivity index (χ1n) is 8.03. The van der Waals surface area contributed by atoms with E-state index in [2.05, 4.69) is 4.40 Å². The van der Waals surface area contributed by atoms with E-state index in [4.69, 9.17) is 15.0 Å². The number of benzene rings is 1. The van der Waals surface area contributed by atoms with Crippen molar-refractivity contribution in [1.82, 2.24) is 0 Å². The maximum Gasteiger partial charge on any atom is 0.461 e. The Morgan fingerprint density at radius 2 is 1.71 bits per heavy atom. The molecule has 1 aromatic carbocycles. The fraction of sp³-hybridized carbons (Fsp3) is 0.562. The number of hydrogen-bond donors (Lipinski definition) is 1. The van der Waals surface area contributed by atoms with E-state index in [-0.39, 0.29) is 23.2 Å². The van der Waals surface area contributed by atoms with Gasteiger partial charge in [-0.2, -0.15) is 12.8 Å². The highest BCUT2D eigenvalue weighted by Gasteiger charge is 2.59. The van der Waals surface area contributed by atoms with Crippen LogP contribution in [-0.2, 0) is 19.3 Å². The summed E-state index contributed by atoms with van der Waals surface area (Å²) in [4.78, 5) is 0.140. The number of nitrogens with zero attached hydrogens (tertiary/aromatic N) is 1. The van der Waals surface area contributed by atoms with Crippen LogP contribution in [0, 0.1) is 0 Å². The molecule has 1 heterocycles. The zero-order chi connectivity index (χ0) is 17.8. The van der Waals surface area contributed by atoms with Gasteiger partial charge in [-0.05, 0) is 57.7 Å². The molecule has 1 saturated heterocycles. The van der Waals surface area contributed by atoms with Crippen LogP contribution in [-0.4, -0.2) is 33.1 Å². The average Bonchev–Trinajstić information content (AvgIpc) is 3.22. The van der Waals surface area contributed by atoms with Gasteiger partial charge in [0, 0.05) is 5.82 Å². The predicted molar refractivity (Wildman–Crippen MR) is 93.5 cm³/mol. The van der Waals surface area contributed by atoms with Crippen LogP contribution in [0.2, 0.25) is 5.82 Å². The van der Waals surface area contributed by atoms with Crippen LogP contribution >= 0.6 is 0 Å². The standard InChI is InChI=1S/C16H23BN2O4S/c1-15(2)16(3,4)23-17(22-15)14-9-13(14)11-5-7-12(8-6-11)24(20,21)19-10-18/h5-8,10,13-14H,9H2,1-4H3,(H2,18,19). The van der Waals surface area contributed by atoms with E-state index in [1.54, 1.807) is 12.1 Å². The highest BCUT2D eigenvalue weighted by atomic mass is 32.2. The molecule has 2 N–H and O–H groups in total. The second-order valence-electron chi connectivity index (χ2n) is 7.43. The van der Waals surface area contributed by atoms with Gasteiger partial charge >= 0.3 is 7.12 Å². The van der Waals surface area contributed by atoms with Crippen LogP contribution in [0.3, 0.4) is 0 Å². The molecule has 2 unspecified atom stereocenters. The summed E-state index contributed by atoms with van der Waals surface area (Å²) in [5.41, 5.74) is 5.50. The molecule has 8 heteroatoms. The summed E-state index contributed by atoms with van der Waals surface area (Å²) in [6.07, 6.45) is 1.77. The lowest BCUT2D eigenvalue weighted by Crippen LogP contribution is -2.41. The summed E-state index contributed by atoms with van der Waals surface area (Å²) in [5, 5.41) is 0. The van der Waals surface area contributed by atoms with E-state index in [9.17, 15) is 8.42 Å². The monoisotopic (exact) mass is 350 g/mol. The first kappa shape index (κ1) is 17.4. The molecule has 1 aliphatic carbocycles. The van der Waals surface area contributed by atoms with E-state index in [0.29, 0.717) is 11.7 Å². The van der Waals surface area contributed by atoms with E-state index in [0.717, 1.165) is 18.3 Å². The van der Waals surface area contributed by atoms with Crippen molar-refractivity contribution >= 4 is 23.5 Å². The van der Waals surface area contributed by atoms with Crippen molar-refractivity contribution in [3.05, 3.63) is 29.8 Å².